The van der Waals surface area contributed by atoms with Gasteiger partial charge in [0.25, 0.3) is 0 Å². The van der Waals surface area contributed by atoms with Crippen molar-refractivity contribution >= 4 is 12.6 Å². The Morgan fingerprint density at radius 3 is 2.57 bits per heavy atom. The summed E-state index contributed by atoms with van der Waals surface area (Å²) in [6.07, 6.45) is 3.91. The van der Waals surface area contributed by atoms with Gasteiger partial charge in [0.05, 0.1) is 0 Å². The molecule has 0 aromatic heterocycles. The highest BCUT2D eigenvalue weighted by atomic mass is 32.1. The van der Waals surface area contributed by atoms with Gasteiger partial charge in [-0.05, 0) is 12.5 Å². The van der Waals surface area contributed by atoms with E-state index >= 15 is 0 Å². The number of rotatable bonds is 2. The third-order valence-electron chi connectivity index (χ3n) is 0.605. The molecule has 0 atom stereocenters. The molecule has 0 N–H and O–H groups in total. The van der Waals surface area contributed by atoms with Gasteiger partial charge in [-0.2, -0.15) is 12.6 Å². The minimum atomic E-state index is 0.754. The molecule has 0 aliphatic rings. The molecular formula is C6H10S. The minimum Gasteiger partial charge on any atom is -0.175 e. The topological polar surface area (TPSA) is 0 Å². The van der Waals surface area contributed by atoms with Crippen molar-refractivity contribution in [3.63, 3.8) is 0 Å². The van der Waals surface area contributed by atoms with Gasteiger partial charge >= 0.3 is 0 Å². The molecule has 7 heavy (non-hydrogen) atoms. The molecule has 40 valence electrons. The number of hydrogen-bond donors (Lipinski definition) is 1. The van der Waals surface area contributed by atoms with Crippen LogP contribution < -0.4 is 0 Å². The van der Waals surface area contributed by atoms with Crippen molar-refractivity contribution in [2.75, 3.05) is 5.75 Å². The summed E-state index contributed by atoms with van der Waals surface area (Å²) < 4.78 is 0. The van der Waals surface area contributed by atoms with Crippen molar-refractivity contribution in [3.8, 4) is 0 Å². The van der Waals surface area contributed by atoms with Crippen LogP contribution in [0.1, 0.15) is 6.92 Å². The van der Waals surface area contributed by atoms with Gasteiger partial charge in [-0.25, -0.2) is 0 Å². The monoisotopic (exact) mass is 114 g/mol. The van der Waals surface area contributed by atoms with Gasteiger partial charge in [0.2, 0.25) is 0 Å². The lowest BCUT2D eigenvalue weighted by molar-refractivity contribution is 1.56. The Labute approximate surface area is 50.3 Å². The first kappa shape index (κ1) is 6.83. The molecule has 0 aromatic rings. The molecule has 0 rings (SSSR count). The zero-order chi connectivity index (χ0) is 5.70. The third-order valence-corrected chi connectivity index (χ3v) is 1.01. The summed E-state index contributed by atoms with van der Waals surface area (Å²) >= 11 is 4.00. The van der Waals surface area contributed by atoms with Crippen LogP contribution in [0.15, 0.2) is 24.3 Å². The summed E-state index contributed by atoms with van der Waals surface area (Å²) in [6.45, 7) is 5.67. The number of hydrogen-bond acceptors (Lipinski definition) is 1. The normalized spacial score (nSPS) is 10.0. The first-order chi connectivity index (χ1) is 3.31. The lowest BCUT2D eigenvalue weighted by atomic mass is 10.3. The summed E-state index contributed by atoms with van der Waals surface area (Å²) in [7, 11) is 0. The van der Waals surface area contributed by atoms with E-state index in [4.69, 9.17) is 0 Å². The first-order valence-electron chi connectivity index (χ1n) is 2.22. The van der Waals surface area contributed by atoms with Crippen molar-refractivity contribution in [2.45, 2.75) is 6.92 Å². The quantitative estimate of drug-likeness (QED) is 0.412. The van der Waals surface area contributed by atoms with Crippen molar-refractivity contribution in [1.29, 1.82) is 0 Å². The van der Waals surface area contributed by atoms with Gasteiger partial charge in [0.15, 0.2) is 0 Å². The smallest absolute Gasteiger partial charge is 0.0148 e. The van der Waals surface area contributed by atoms with E-state index in [0.717, 1.165) is 11.3 Å². The van der Waals surface area contributed by atoms with Crippen LogP contribution in [0.4, 0.5) is 0 Å². The average Bonchev–Trinajstić information content (AvgIpc) is 1.68. The second kappa shape index (κ2) is 4.00. The molecule has 0 bridgehead atoms. The van der Waals surface area contributed by atoms with Gasteiger partial charge < -0.3 is 0 Å². The van der Waals surface area contributed by atoms with E-state index in [1.807, 2.05) is 19.1 Å². The van der Waals surface area contributed by atoms with Crippen molar-refractivity contribution in [3.05, 3.63) is 24.3 Å². The van der Waals surface area contributed by atoms with Gasteiger partial charge in [0, 0.05) is 5.75 Å². The fourth-order valence-electron chi connectivity index (χ4n) is 0.288. The van der Waals surface area contributed by atoms with Crippen molar-refractivity contribution in [1.82, 2.24) is 0 Å². The van der Waals surface area contributed by atoms with Crippen LogP contribution in [0, 0.1) is 0 Å². The Morgan fingerprint density at radius 1 is 1.86 bits per heavy atom. The molecule has 0 heterocycles. The molecule has 0 fully saturated rings. The summed E-state index contributed by atoms with van der Waals surface area (Å²) in [6, 6.07) is 0. The molecule has 0 radical (unpaired) electrons. The SMILES string of the molecule is C=C(C=CC)CS. The van der Waals surface area contributed by atoms with E-state index in [-0.39, 0.29) is 0 Å². The van der Waals surface area contributed by atoms with Crippen LogP contribution in [0.3, 0.4) is 0 Å². The van der Waals surface area contributed by atoms with E-state index in [0.29, 0.717) is 0 Å². The fourth-order valence-corrected chi connectivity index (χ4v) is 0.394. The minimum absolute atomic E-state index is 0.754. The second-order valence-electron chi connectivity index (χ2n) is 1.32. The predicted octanol–water partition coefficient (Wildman–Crippen LogP) is 2.05. The second-order valence-corrected chi connectivity index (χ2v) is 1.63. The molecule has 0 aromatic carbocycles. The van der Waals surface area contributed by atoms with Gasteiger partial charge in [-0.3, -0.25) is 0 Å². The first-order valence-corrected chi connectivity index (χ1v) is 2.86. The summed E-state index contributed by atoms with van der Waals surface area (Å²) in [5, 5.41) is 0. The van der Waals surface area contributed by atoms with E-state index in [9.17, 15) is 0 Å². The highest BCUT2D eigenvalue weighted by Crippen LogP contribution is 1.93. The molecular weight excluding hydrogens is 104 g/mol. The van der Waals surface area contributed by atoms with Crippen LogP contribution in [0.5, 0.6) is 0 Å². The molecule has 0 aliphatic heterocycles. The van der Waals surface area contributed by atoms with Crippen molar-refractivity contribution in [2.24, 2.45) is 0 Å². The Hall–Kier alpha value is -0.170. The van der Waals surface area contributed by atoms with Crippen LogP contribution in [-0.2, 0) is 0 Å². The predicted molar refractivity (Wildman–Crippen MR) is 37.8 cm³/mol. The van der Waals surface area contributed by atoms with Crippen LogP contribution in [-0.4, -0.2) is 5.75 Å². The van der Waals surface area contributed by atoms with Gasteiger partial charge in [-0.1, -0.05) is 18.7 Å². The van der Waals surface area contributed by atoms with Crippen LogP contribution in [0.25, 0.3) is 0 Å². The van der Waals surface area contributed by atoms with Crippen molar-refractivity contribution < 1.29 is 0 Å². The number of thiol groups is 1. The molecule has 0 nitrogen and oxygen atoms in total. The van der Waals surface area contributed by atoms with Gasteiger partial charge in [-0.15, -0.1) is 0 Å². The molecule has 0 unspecified atom stereocenters. The van der Waals surface area contributed by atoms with Crippen LogP contribution in [0.2, 0.25) is 0 Å². The zero-order valence-electron chi connectivity index (χ0n) is 4.52. The Bertz CT molecular complexity index is 82.2. The highest BCUT2D eigenvalue weighted by molar-refractivity contribution is 7.80. The molecule has 0 amide bonds. The third kappa shape index (κ3) is 3.67. The maximum absolute atomic E-state index is 4.00. The Kier molecular flexibility index (Phi) is 3.90. The largest absolute Gasteiger partial charge is 0.175 e. The van der Waals surface area contributed by atoms with E-state index in [1.54, 1.807) is 0 Å². The Balaban J connectivity index is 3.37. The maximum atomic E-state index is 4.00. The van der Waals surface area contributed by atoms with Gasteiger partial charge in [0.1, 0.15) is 0 Å². The fraction of sp³-hybridized carbons (Fsp3) is 0.333. The standard InChI is InChI=1S/C6H10S/c1-3-4-6(2)5-7/h3-4,7H,2,5H2,1H3. The summed E-state index contributed by atoms with van der Waals surface area (Å²) in [4.78, 5) is 0. The lowest BCUT2D eigenvalue weighted by Crippen LogP contribution is -1.71. The molecule has 0 aliphatic carbocycles. The maximum Gasteiger partial charge on any atom is 0.0148 e. The molecule has 1 heteroatoms. The lowest BCUT2D eigenvalue weighted by Gasteiger charge is -1.85. The van der Waals surface area contributed by atoms with Crippen LogP contribution >= 0.6 is 12.6 Å². The summed E-state index contributed by atoms with van der Waals surface area (Å²) in [5.74, 6) is 0.754. The van der Waals surface area contributed by atoms with E-state index < -0.39 is 0 Å². The zero-order valence-corrected chi connectivity index (χ0v) is 5.41. The molecule has 0 saturated carbocycles. The average molecular weight is 114 g/mol. The highest BCUT2D eigenvalue weighted by Gasteiger charge is 1.75. The Morgan fingerprint density at radius 2 is 2.43 bits per heavy atom. The number of allylic oxidation sites excluding steroid dienone is 2. The molecule has 0 spiro atoms. The van der Waals surface area contributed by atoms with E-state index in [2.05, 4.69) is 19.2 Å². The summed E-state index contributed by atoms with van der Waals surface area (Å²) in [5.41, 5.74) is 1.06. The van der Waals surface area contributed by atoms with E-state index in [1.165, 1.54) is 0 Å². The molecule has 0 saturated heterocycles.